The first-order valence-electron chi connectivity index (χ1n) is 6.05. The molecule has 2 aromatic heterocycles. The topological polar surface area (TPSA) is 17.8 Å². The van der Waals surface area contributed by atoms with Crippen LogP contribution in [-0.2, 0) is 5.88 Å². The van der Waals surface area contributed by atoms with Gasteiger partial charge in [-0.1, -0.05) is 11.6 Å². The Morgan fingerprint density at radius 1 is 1.45 bits per heavy atom. The van der Waals surface area contributed by atoms with E-state index >= 15 is 0 Å². The molecule has 1 unspecified atom stereocenters. The first kappa shape index (κ1) is 13.9. The number of fused-ring (bicyclic) bond motifs is 1. The molecule has 3 aromatic rings. The Labute approximate surface area is 129 Å². The number of hydrogen-bond donors (Lipinski definition) is 0. The first-order valence-corrected chi connectivity index (χ1v) is 7.91. The Hall–Kier alpha value is -1.10. The van der Waals surface area contributed by atoms with Gasteiger partial charge < -0.3 is 4.57 Å². The molecule has 0 saturated heterocycles. The predicted molar refractivity (Wildman–Crippen MR) is 82.4 cm³/mol. The van der Waals surface area contributed by atoms with Crippen molar-refractivity contribution in [1.29, 1.82) is 0 Å². The molecule has 0 saturated carbocycles. The van der Waals surface area contributed by atoms with E-state index < -0.39 is 5.82 Å². The number of benzene rings is 1. The van der Waals surface area contributed by atoms with E-state index in [1.54, 1.807) is 17.4 Å². The van der Waals surface area contributed by atoms with Gasteiger partial charge in [-0.05, 0) is 35.4 Å². The van der Waals surface area contributed by atoms with Crippen molar-refractivity contribution in [2.24, 2.45) is 0 Å². The van der Waals surface area contributed by atoms with Crippen molar-refractivity contribution < 1.29 is 4.39 Å². The van der Waals surface area contributed by atoms with Crippen LogP contribution in [0.5, 0.6) is 0 Å². The van der Waals surface area contributed by atoms with Gasteiger partial charge in [0.05, 0.1) is 28.0 Å². The van der Waals surface area contributed by atoms with Crippen LogP contribution in [0.1, 0.15) is 24.4 Å². The summed E-state index contributed by atoms with van der Waals surface area (Å²) < 4.78 is 15.7. The standard InChI is InChI=1S/C14H11Cl2FN2S/c1-8(9-2-3-20-7-9)19-13-5-11(17)10(16)4-12(13)18-14(19)6-15/h2-5,7-8H,6H2,1H3. The summed E-state index contributed by atoms with van der Waals surface area (Å²) in [4.78, 5) is 4.45. The minimum atomic E-state index is -0.445. The largest absolute Gasteiger partial charge is 0.320 e. The van der Waals surface area contributed by atoms with Crippen LogP contribution in [0, 0.1) is 5.82 Å². The number of nitrogens with zero attached hydrogens (tertiary/aromatic N) is 2. The maximum atomic E-state index is 13.7. The van der Waals surface area contributed by atoms with Crippen molar-refractivity contribution in [3.63, 3.8) is 0 Å². The molecule has 0 amide bonds. The van der Waals surface area contributed by atoms with Crippen molar-refractivity contribution in [2.45, 2.75) is 18.8 Å². The highest BCUT2D eigenvalue weighted by Gasteiger charge is 2.18. The average Bonchev–Trinajstić information content (AvgIpc) is 3.06. The smallest absolute Gasteiger partial charge is 0.144 e. The van der Waals surface area contributed by atoms with Crippen LogP contribution in [0.3, 0.4) is 0 Å². The average molecular weight is 329 g/mol. The lowest BCUT2D eigenvalue weighted by molar-refractivity contribution is 0.619. The predicted octanol–water partition coefficient (Wildman–Crippen LogP) is 5.24. The van der Waals surface area contributed by atoms with Gasteiger partial charge in [-0.3, -0.25) is 0 Å². The van der Waals surface area contributed by atoms with E-state index in [1.807, 2.05) is 22.9 Å². The lowest BCUT2D eigenvalue weighted by atomic mass is 10.1. The Balaban J connectivity index is 2.25. The highest BCUT2D eigenvalue weighted by Crippen LogP contribution is 2.30. The summed E-state index contributed by atoms with van der Waals surface area (Å²) in [6, 6.07) is 5.05. The molecule has 0 bridgehead atoms. The molecule has 2 nitrogen and oxygen atoms in total. The Bertz CT molecular complexity index is 752. The molecular formula is C14H11Cl2FN2S. The van der Waals surface area contributed by atoms with Crippen LogP contribution in [0.25, 0.3) is 11.0 Å². The number of thiophene rings is 1. The Kier molecular flexibility index (Phi) is 3.71. The summed E-state index contributed by atoms with van der Waals surface area (Å²) in [5.74, 6) is 0.531. The third kappa shape index (κ3) is 2.22. The SMILES string of the molecule is CC(c1ccsc1)n1c(CCl)nc2cc(Cl)c(F)cc21. The summed E-state index contributed by atoms with van der Waals surface area (Å²) in [6.07, 6.45) is 0. The van der Waals surface area contributed by atoms with Gasteiger partial charge in [-0.15, -0.1) is 11.6 Å². The number of imidazole rings is 1. The molecule has 0 fully saturated rings. The highest BCUT2D eigenvalue weighted by molar-refractivity contribution is 7.07. The minimum Gasteiger partial charge on any atom is -0.320 e. The molecule has 3 rings (SSSR count). The summed E-state index contributed by atoms with van der Waals surface area (Å²) in [5, 5.41) is 4.16. The minimum absolute atomic E-state index is 0.0422. The Morgan fingerprint density at radius 3 is 2.90 bits per heavy atom. The van der Waals surface area contributed by atoms with E-state index in [0.717, 1.165) is 5.56 Å². The van der Waals surface area contributed by atoms with E-state index in [2.05, 4.69) is 10.4 Å². The van der Waals surface area contributed by atoms with Crippen LogP contribution < -0.4 is 0 Å². The van der Waals surface area contributed by atoms with Crippen molar-refractivity contribution in [3.8, 4) is 0 Å². The summed E-state index contributed by atoms with van der Waals surface area (Å²) in [7, 11) is 0. The highest BCUT2D eigenvalue weighted by atomic mass is 35.5. The van der Waals surface area contributed by atoms with Crippen LogP contribution in [0.4, 0.5) is 4.39 Å². The zero-order valence-electron chi connectivity index (χ0n) is 10.6. The maximum Gasteiger partial charge on any atom is 0.144 e. The fourth-order valence-corrected chi connectivity index (χ4v) is 3.42. The molecule has 0 spiro atoms. The van der Waals surface area contributed by atoms with Gasteiger partial charge in [0.2, 0.25) is 0 Å². The third-order valence-electron chi connectivity index (χ3n) is 3.34. The van der Waals surface area contributed by atoms with Gasteiger partial charge in [-0.2, -0.15) is 11.3 Å². The van der Waals surface area contributed by atoms with Crippen LogP contribution >= 0.6 is 34.5 Å². The molecule has 0 N–H and O–H groups in total. The molecule has 2 heterocycles. The molecule has 0 radical (unpaired) electrons. The van der Waals surface area contributed by atoms with Gasteiger partial charge in [0.1, 0.15) is 11.6 Å². The number of halogens is 3. The summed E-state index contributed by atoms with van der Waals surface area (Å²) in [6.45, 7) is 2.05. The molecule has 0 aliphatic heterocycles. The molecule has 1 atom stereocenters. The van der Waals surface area contributed by atoms with E-state index in [0.29, 0.717) is 16.9 Å². The quantitative estimate of drug-likeness (QED) is 0.601. The summed E-state index contributed by atoms with van der Waals surface area (Å²) >= 11 is 13.4. The molecule has 6 heteroatoms. The number of rotatable bonds is 3. The number of aromatic nitrogens is 2. The zero-order chi connectivity index (χ0) is 14.3. The van der Waals surface area contributed by atoms with E-state index in [4.69, 9.17) is 23.2 Å². The molecule has 104 valence electrons. The van der Waals surface area contributed by atoms with E-state index in [-0.39, 0.29) is 16.9 Å². The van der Waals surface area contributed by atoms with Crippen molar-refractivity contribution in [2.75, 3.05) is 0 Å². The maximum absolute atomic E-state index is 13.7. The fraction of sp³-hybridized carbons (Fsp3) is 0.214. The van der Waals surface area contributed by atoms with Crippen LogP contribution in [-0.4, -0.2) is 9.55 Å². The second-order valence-corrected chi connectivity index (χ2v) is 5.97. The van der Waals surface area contributed by atoms with Crippen molar-refractivity contribution >= 4 is 45.6 Å². The summed E-state index contributed by atoms with van der Waals surface area (Å²) in [5.41, 5.74) is 2.52. The lowest BCUT2D eigenvalue weighted by Crippen LogP contribution is -2.09. The molecule has 20 heavy (non-hydrogen) atoms. The van der Waals surface area contributed by atoms with Gasteiger partial charge in [0, 0.05) is 6.07 Å². The van der Waals surface area contributed by atoms with E-state index in [1.165, 1.54) is 6.07 Å². The van der Waals surface area contributed by atoms with Crippen molar-refractivity contribution in [1.82, 2.24) is 9.55 Å². The normalized spacial score (nSPS) is 13.0. The fourth-order valence-electron chi connectivity index (χ4n) is 2.33. The van der Waals surface area contributed by atoms with Gasteiger partial charge in [0.25, 0.3) is 0 Å². The molecular weight excluding hydrogens is 318 g/mol. The van der Waals surface area contributed by atoms with Crippen LogP contribution in [0.2, 0.25) is 5.02 Å². The second-order valence-electron chi connectivity index (χ2n) is 4.52. The van der Waals surface area contributed by atoms with Crippen LogP contribution in [0.15, 0.2) is 29.0 Å². The number of alkyl halides is 1. The van der Waals surface area contributed by atoms with E-state index in [9.17, 15) is 4.39 Å². The lowest BCUT2D eigenvalue weighted by Gasteiger charge is -2.16. The second kappa shape index (κ2) is 5.35. The van der Waals surface area contributed by atoms with Crippen molar-refractivity contribution in [3.05, 3.63) is 51.2 Å². The molecule has 0 aliphatic rings. The number of hydrogen-bond acceptors (Lipinski definition) is 2. The van der Waals surface area contributed by atoms with Gasteiger partial charge in [-0.25, -0.2) is 9.37 Å². The van der Waals surface area contributed by atoms with Gasteiger partial charge in [0.15, 0.2) is 0 Å². The first-order chi connectivity index (χ1) is 9.61. The molecule has 0 aliphatic carbocycles. The Morgan fingerprint density at radius 2 is 2.25 bits per heavy atom. The molecule has 1 aromatic carbocycles. The monoisotopic (exact) mass is 328 g/mol. The zero-order valence-corrected chi connectivity index (χ0v) is 12.9. The third-order valence-corrected chi connectivity index (χ3v) is 4.57. The van der Waals surface area contributed by atoms with Gasteiger partial charge >= 0.3 is 0 Å².